The van der Waals surface area contributed by atoms with E-state index in [-0.39, 0.29) is 6.10 Å². The first kappa shape index (κ1) is 14.7. The summed E-state index contributed by atoms with van der Waals surface area (Å²) in [5, 5.41) is 12.0. The highest BCUT2D eigenvalue weighted by Crippen LogP contribution is 2.34. The Morgan fingerprint density at radius 3 is 2.75 bits per heavy atom. The standard InChI is InChI=1S/C14H15F3N2O/c1-9-4-5-19-8-13(9)20-11-2-3-12(14(15,16)17)10(6-11)7-18/h2-3,6,9,13,19H,4-5,8H2,1H3. The Morgan fingerprint density at radius 1 is 1.40 bits per heavy atom. The minimum atomic E-state index is -4.52. The van der Waals surface area contributed by atoms with Crippen LogP contribution >= 0.6 is 0 Å². The predicted octanol–water partition coefficient (Wildman–Crippen LogP) is 2.95. The fraction of sp³-hybridized carbons (Fsp3) is 0.500. The number of piperidine rings is 1. The first-order valence-corrected chi connectivity index (χ1v) is 6.40. The van der Waals surface area contributed by atoms with Crippen LogP contribution in [0.3, 0.4) is 0 Å². The van der Waals surface area contributed by atoms with Crippen molar-refractivity contribution in [2.75, 3.05) is 13.1 Å². The van der Waals surface area contributed by atoms with Gasteiger partial charge in [-0.3, -0.25) is 0 Å². The Kier molecular flexibility index (Phi) is 4.19. The Bertz CT molecular complexity index is 522. The third-order valence-electron chi connectivity index (χ3n) is 3.46. The number of hydrogen-bond donors (Lipinski definition) is 1. The van der Waals surface area contributed by atoms with Crippen molar-refractivity contribution in [2.45, 2.75) is 25.6 Å². The molecule has 1 N–H and O–H groups in total. The average Bonchev–Trinajstić information content (AvgIpc) is 2.40. The third kappa shape index (κ3) is 3.23. The maximum atomic E-state index is 12.7. The summed E-state index contributed by atoms with van der Waals surface area (Å²) >= 11 is 0. The molecule has 0 saturated carbocycles. The molecule has 1 saturated heterocycles. The Morgan fingerprint density at radius 2 is 2.15 bits per heavy atom. The van der Waals surface area contributed by atoms with Crippen LogP contribution in [0.1, 0.15) is 24.5 Å². The average molecular weight is 284 g/mol. The van der Waals surface area contributed by atoms with Gasteiger partial charge in [-0.05, 0) is 37.1 Å². The number of hydrogen-bond acceptors (Lipinski definition) is 3. The second kappa shape index (κ2) is 5.71. The lowest BCUT2D eigenvalue weighted by Gasteiger charge is -2.30. The van der Waals surface area contributed by atoms with E-state index in [9.17, 15) is 13.2 Å². The summed E-state index contributed by atoms with van der Waals surface area (Å²) in [7, 11) is 0. The summed E-state index contributed by atoms with van der Waals surface area (Å²) in [4.78, 5) is 0. The molecule has 3 nitrogen and oxygen atoms in total. The van der Waals surface area contributed by atoms with Crippen LogP contribution in [0, 0.1) is 17.2 Å². The van der Waals surface area contributed by atoms with E-state index in [0.717, 1.165) is 25.1 Å². The molecule has 0 amide bonds. The molecule has 108 valence electrons. The van der Waals surface area contributed by atoms with E-state index in [2.05, 4.69) is 5.32 Å². The van der Waals surface area contributed by atoms with Crippen molar-refractivity contribution in [2.24, 2.45) is 5.92 Å². The molecule has 0 aliphatic carbocycles. The molecule has 2 atom stereocenters. The molecule has 1 aliphatic heterocycles. The topological polar surface area (TPSA) is 45.0 Å². The van der Waals surface area contributed by atoms with Gasteiger partial charge in [0.05, 0.1) is 17.2 Å². The maximum absolute atomic E-state index is 12.7. The van der Waals surface area contributed by atoms with Crippen LogP contribution in [-0.2, 0) is 6.18 Å². The number of benzene rings is 1. The summed E-state index contributed by atoms with van der Waals surface area (Å²) in [5.41, 5.74) is -1.34. The molecule has 1 aromatic rings. The zero-order chi connectivity index (χ0) is 14.8. The number of alkyl halides is 3. The van der Waals surface area contributed by atoms with E-state index in [1.54, 1.807) is 6.07 Å². The number of rotatable bonds is 2. The van der Waals surface area contributed by atoms with Crippen LogP contribution in [0.4, 0.5) is 13.2 Å². The summed E-state index contributed by atoms with van der Waals surface area (Å²) in [6.45, 7) is 3.61. The van der Waals surface area contributed by atoms with Gasteiger partial charge in [0.25, 0.3) is 0 Å². The highest BCUT2D eigenvalue weighted by Gasteiger charge is 2.34. The molecule has 0 spiro atoms. The van der Waals surface area contributed by atoms with Gasteiger partial charge in [0.1, 0.15) is 11.9 Å². The van der Waals surface area contributed by atoms with Crippen LogP contribution < -0.4 is 10.1 Å². The van der Waals surface area contributed by atoms with Crippen molar-refractivity contribution >= 4 is 0 Å². The zero-order valence-corrected chi connectivity index (χ0v) is 11.0. The van der Waals surface area contributed by atoms with Crippen molar-refractivity contribution < 1.29 is 17.9 Å². The van der Waals surface area contributed by atoms with Gasteiger partial charge < -0.3 is 10.1 Å². The van der Waals surface area contributed by atoms with Crippen molar-refractivity contribution in [1.29, 1.82) is 5.26 Å². The van der Waals surface area contributed by atoms with Gasteiger partial charge in [-0.1, -0.05) is 6.92 Å². The van der Waals surface area contributed by atoms with E-state index in [1.807, 2.05) is 6.92 Å². The number of ether oxygens (including phenoxy) is 1. The van der Waals surface area contributed by atoms with Gasteiger partial charge in [-0.25, -0.2) is 0 Å². The van der Waals surface area contributed by atoms with Gasteiger partial charge in [-0.15, -0.1) is 0 Å². The smallest absolute Gasteiger partial charge is 0.417 e. The molecule has 6 heteroatoms. The Hall–Kier alpha value is -1.74. The van der Waals surface area contributed by atoms with Crippen molar-refractivity contribution in [3.8, 4) is 11.8 Å². The molecule has 0 bridgehead atoms. The molecule has 1 heterocycles. The van der Waals surface area contributed by atoms with Crippen molar-refractivity contribution in [1.82, 2.24) is 5.32 Å². The van der Waals surface area contributed by atoms with Crippen molar-refractivity contribution in [3.63, 3.8) is 0 Å². The number of nitrogens with one attached hydrogen (secondary N) is 1. The summed E-state index contributed by atoms with van der Waals surface area (Å²) in [6, 6.07) is 4.90. The fourth-order valence-corrected chi connectivity index (χ4v) is 2.23. The number of nitrogens with zero attached hydrogens (tertiary/aromatic N) is 1. The van der Waals surface area contributed by atoms with E-state index in [4.69, 9.17) is 10.00 Å². The molecule has 2 unspecified atom stereocenters. The molecule has 1 aromatic carbocycles. The van der Waals surface area contributed by atoms with Crippen LogP contribution in [0.25, 0.3) is 0 Å². The lowest BCUT2D eigenvalue weighted by atomic mass is 9.97. The minimum Gasteiger partial charge on any atom is -0.489 e. The molecular weight excluding hydrogens is 269 g/mol. The lowest BCUT2D eigenvalue weighted by Crippen LogP contribution is -2.42. The molecule has 1 fully saturated rings. The Labute approximate surface area is 115 Å². The highest BCUT2D eigenvalue weighted by atomic mass is 19.4. The third-order valence-corrected chi connectivity index (χ3v) is 3.46. The first-order valence-electron chi connectivity index (χ1n) is 6.40. The van der Waals surface area contributed by atoms with Gasteiger partial charge in [0.15, 0.2) is 0 Å². The normalized spacial score (nSPS) is 23.1. The molecule has 0 aromatic heterocycles. The zero-order valence-electron chi connectivity index (χ0n) is 11.0. The van der Waals surface area contributed by atoms with E-state index >= 15 is 0 Å². The van der Waals surface area contributed by atoms with Crippen LogP contribution in [0.15, 0.2) is 18.2 Å². The van der Waals surface area contributed by atoms with E-state index in [1.165, 1.54) is 6.07 Å². The monoisotopic (exact) mass is 284 g/mol. The van der Waals surface area contributed by atoms with E-state index in [0.29, 0.717) is 18.2 Å². The van der Waals surface area contributed by atoms with Crippen LogP contribution in [0.5, 0.6) is 5.75 Å². The molecule has 20 heavy (non-hydrogen) atoms. The second-order valence-corrected chi connectivity index (χ2v) is 4.94. The van der Waals surface area contributed by atoms with Crippen molar-refractivity contribution in [3.05, 3.63) is 29.3 Å². The van der Waals surface area contributed by atoms with Crippen LogP contribution in [0.2, 0.25) is 0 Å². The largest absolute Gasteiger partial charge is 0.489 e. The second-order valence-electron chi connectivity index (χ2n) is 4.94. The summed E-state index contributed by atoms with van der Waals surface area (Å²) in [5.74, 6) is 0.624. The maximum Gasteiger partial charge on any atom is 0.417 e. The molecular formula is C14H15F3N2O. The van der Waals surface area contributed by atoms with E-state index < -0.39 is 17.3 Å². The quantitative estimate of drug-likeness (QED) is 0.908. The molecule has 0 radical (unpaired) electrons. The first-order chi connectivity index (χ1) is 9.41. The summed E-state index contributed by atoms with van der Waals surface area (Å²) in [6.07, 6.45) is -3.66. The highest BCUT2D eigenvalue weighted by molar-refractivity contribution is 5.44. The predicted molar refractivity (Wildman–Crippen MR) is 67.2 cm³/mol. The van der Waals surface area contributed by atoms with Gasteiger partial charge >= 0.3 is 6.18 Å². The molecule has 1 aliphatic rings. The SMILES string of the molecule is CC1CCNCC1Oc1ccc(C(F)(F)F)c(C#N)c1. The summed E-state index contributed by atoms with van der Waals surface area (Å²) < 4.78 is 43.8. The van der Waals surface area contributed by atoms with Gasteiger partial charge in [0.2, 0.25) is 0 Å². The van der Waals surface area contributed by atoms with Gasteiger partial charge in [-0.2, -0.15) is 18.4 Å². The number of halogens is 3. The molecule has 2 rings (SSSR count). The lowest BCUT2D eigenvalue weighted by molar-refractivity contribution is -0.137. The fourth-order valence-electron chi connectivity index (χ4n) is 2.23. The number of nitriles is 1. The van der Waals surface area contributed by atoms with Gasteiger partial charge in [0, 0.05) is 6.54 Å². The minimum absolute atomic E-state index is 0.0907. The van der Waals surface area contributed by atoms with Crippen LogP contribution in [-0.4, -0.2) is 19.2 Å². The Balaban J connectivity index is 2.20.